The summed E-state index contributed by atoms with van der Waals surface area (Å²) < 4.78 is 6.43. The monoisotopic (exact) mass is 349 g/mol. The minimum absolute atomic E-state index is 0.0860. The fraction of sp³-hybridized carbons (Fsp3) is 0.375. The van der Waals surface area contributed by atoms with Crippen molar-refractivity contribution in [2.75, 3.05) is 13.7 Å². The van der Waals surface area contributed by atoms with Gasteiger partial charge in [0.15, 0.2) is 0 Å². The number of ether oxygens (including phenoxy) is 1. The minimum atomic E-state index is 0.0860. The van der Waals surface area contributed by atoms with Gasteiger partial charge in [0.25, 0.3) is 0 Å². The molecule has 0 aliphatic rings. The van der Waals surface area contributed by atoms with Crippen LogP contribution >= 0.6 is 15.9 Å². The molecule has 4 nitrogen and oxygen atoms in total. The molecule has 0 bridgehead atoms. The largest absolute Gasteiger partial charge is 0.480 e. The van der Waals surface area contributed by atoms with E-state index in [0.717, 1.165) is 29.6 Å². The zero-order valence-electron chi connectivity index (χ0n) is 12.3. The first-order chi connectivity index (χ1) is 10.2. The molecule has 1 atom stereocenters. The third kappa shape index (κ3) is 4.51. The van der Waals surface area contributed by atoms with Crippen LogP contribution in [0.3, 0.4) is 0 Å². The van der Waals surface area contributed by atoms with Crippen LogP contribution in [0.5, 0.6) is 5.88 Å². The maximum absolute atomic E-state index is 5.34. The molecule has 0 spiro atoms. The number of aromatic nitrogens is 2. The van der Waals surface area contributed by atoms with Gasteiger partial charge in [-0.1, -0.05) is 35.0 Å². The van der Waals surface area contributed by atoms with Gasteiger partial charge in [0.2, 0.25) is 5.88 Å². The van der Waals surface area contributed by atoms with Gasteiger partial charge in [-0.15, -0.1) is 0 Å². The Morgan fingerprint density at radius 2 is 2.10 bits per heavy atom. The number of hydrogen-bond donors (Lipinski definition) is 1. The SMILES string of the molecule is CCCNC(Cc1cccc(Br)c1)c1nccnc1OC. The highest BCUT2D eigenvalue weighted by molar-refractivity contribution is 9.10. The smallest absolute Gasteiger partial charge is 0.237 e. The van der Waals surface area contributed by atoms with Crippen LogP contribution < -0.4 is 10.1 Å². The molecule has 0 aliphatic heterocycles. The number of benzene rings is 1. The highest BCUT2D eigenvalue weighted by Crippen LogP contribution is 2.24. The van der Waals surface area contributed by atoms with Crippen LogP contribution in [0.25, 0.3) is 0 Å². The van der Waals surface area contributed by atoms with Crippen molar-refractivity contribution in [1.82, 2.24) is 15.3 Å². The number of halogens is 1. The van der Waals surface area contributed by atoms with Crippen molar-refractivity contribution in [2.45, 2.75) is 25.8 Å². The predicted molar refractivity (Wildman–Crippen MR) is 87.5 cm³/mol. The summed E-state index contributed by atoms with van der Waals surface area (Å²) in [7, 11) is 1.63. The van der Waals surface area contributed by atoms with E-state index in [1.165, 1.54) is 5.56 Å². The molecule has 1 aromatic heterocycles. The summed E-state index contributed by atoms with van der Waals surface area (Å²) in [5.74, 6) is 0.584. The van der Waals surface area contributed by atoms with Gasteiger partial charge >= 0.3 is 0 Å². The van der Waals surface area contributed by atoms with Crippen molar-refractivity contribution in [3.05, 3.63) is 52.4 Å². The topological polar surface area (TPSA) is 47.0 Å². The van der Waals surface area contributed by atoms with Crippen LogP contribution in [0.15, 0.2) is 41.1 Å². The van der Waals surface area contributed by atoms with Gasteiger partial charge in [-0.05, 0) is 37.1 Å². The summed E-state index contributed by atoms with van der Waals surface area (Å²) in [5, 5.41) is 3.53. The summed E-state index contributed by atoms with van der Waals surface area (Å²) in [6.07, 6.45) is 5.27. The molecule has 0 aliphatic carbocycles. The predicted octanol–water partition coefficient (Wildman–Crippen LogP) is 3.53. The van der Waals surface area contributed by atoms with Crippen LogP contribution in [0, 0.1) is 0 Å². The first-order valence-corrected chi connectivity index (χ1v) is 7.86. The zero-order valence-corrected chi connectivity index (χ0v) is 13.9. The normalized spacial score (nSPS) is 12.1. The van der Waals surface area contributed by atoms with Crippen molar-refractivity contribution in [1.29, 1.82) is 0 Å². The fourth-order valence-corrected chi connectivity index (χ4v) is 2.66. The molecule has 2 aromatic rings. The lowest BCUT2D eigenvalue weighted by Crippen LogP contribution is -2.25. The summed E-state index contributed by atoms with van der Waals surface area (Å²) in [5.41, 5.74) is 2.10. The molecule has 1 N–H and O–H groups in total. The van der Waals surface area contributed by atoms with Crippen LogP contribution in [-0.2, 0) is 6.42 Å². The number of methoxy groups -OCH3 is 1. The molecule has 1 unspecified atom stereocenters. The van der Waals surface area contributed by atoms with Crippen LogP contribution in [0.1, 0.15) is 30.6 Å². The van der Waals surface area contributed by atoms with Crippen molar-refractivity contribution in [2.24, 2.45) is 0 Å². The molecule has 0 saturated heterocycles. The molecule has 0 fully saturated rings. The van der Waals surface area contributed by atoms with Crippen LogP contribution in [0.2, 0.25) is 0 Å². The maximum atomic E-state index is 5.34. The molecule has 2 rings (SSSR count). The van der Waals surface area contributed by atoms with E-state index in [0.29, 0.717) is 5.88 Å². The van der Waals surface area contributed by atoms with E-state index in [4.69, 9.17) is 4.74 Å². The Bertz CT molecular complexity index is 577. The Morgan fingerprint density at radius 1 is 1.29 bits per heavy atom. The van der Waals surface area contributed by atoms with E-state index in [9.17, 15) is 0 Å². The summed E-state index contributed by atoms with van der Waals surface area (Å²) >= 11 is 3.52. The summed E-state index contributed by atoms with van der Waals surface area (Å²) in [4.78, 5) is 8.71. The molecular weight excluding hydrogens is 330 g/mol. The lowest BCUT2D eigenvalue weighted by molar-refractivity contribution is 0.376. The van der Waals surface area contributed by atoms with Crippen molar-refractivity contribution in [3.63, 3.8) is 0 Å². The van der Waals surface area contributed by atoms with E-state index < -0.39 is 0 Å². The first-order valence-electron chi connectivity index (χ1n) is 7.07. The second-order valence-corrected chi connectivity index (χ2v) is 5.71. The Morgan fingerprint density at radius 3 is 2.81 bits per heavy atom. The number of nitrogens with one attached hydrogen (secondary N) is 1. The van der Waals surface area contributed by atoms with Crippen molar-refractivity contribution < 1.29 is 4.74 Å². The molecule has 0 radical (unpaired) electrons. The van der Waals surface area contributed by atoms with Crippen LogP contribution in [-0.4, -0.2) is 23.6 Å². The van der Waals surface area contributed by atoms with E-state index in [1.54, 1.807) is 19.5 Å². The highest BCUT2D eigenvalue weighted by atomic mass is 79.9. The second-order valence-electron chi connectivity index (χ2n) is 4.79. The van der Waals surface area contributed by atoms with E-state index in [-0.39, 0.29) is 6.04 Å². The standard InChI is InChI=1S/C16H20BrN3O/c1-3-7-18-14(11-12-5-4-6-13(17)10-12)15-16(21-2)20-9-8-19-15/h4-6,8-10,14,18H,3,7,11H2,1-2H3. The molecule has 0 saturated carbocycles. The van der Waals surface area contributed by atoms with Gasteiger partial charge in [-0.3, -0.25) is 4.98 Å². The molecule has 112 valence electrons. The first kappa shape index (κ1) is 15.9. The summed E-state index contributed by atoms with van der Waals surface area (Å²) in [6, 6.07) is 8.41. The van der Waals surface area contributed by atoms with Gasteiger partial charge in [0.05, 0.1) is 13.2 Å². The molecular formula is C16H20BrN3O. The molecule has 5 heteroatoms. The Balaban J connectivity index is 2.25. The van der Waals surface area contributed by atoms with Gasteiger partial charge in [-0.25, -0.2) is 4.98 Å². The number of hydrogen-bond acceptors (Lipinski definition) is 4. The quantitative estimate of drug-likeness (QED) is 0.830. The Kier molecular flexibility index (Phi) is 6.14. The Labute approximate surface area is 134 Å². The van der Waals surface area contributed by atoms with Crippen molar-refractivity contribution >= 4 is 15.9 Å². The third-order valence-corrected chi connectivity index (χ3v) is 3.68. The van der Waals surface area contributed by atoms with E-state index in [1.807, 2.05) is 12.1 Å². The zero-order chi connectivity index (χ0) is 15.1. The van der Waals surface area contributed by atoms with Gasteiger partial charge < -0.3 is 10.1 Å². The summed E-state index contributed by atoms with van der Waals surface area (Å²) in [6.45, 7) is 3.08. The maximum Gasteiger partial charge on any atom is 0.237 e. The van der Waals surface area contributed by atoms with E-state index in [2.05, 4.69) is 50.3 Å². The number of nitrogens with zero attached hydrogens (tertiary/aromatic N) is 2. The second kappa shape index (κ2) is 8.10. The third-order valence-electron chi connectivity index (χ3n) is 3.18. The van der Waals surface area contributed by atoms with Crippen molar-refractivity contribution in [3.8, 4) is 5.88 Å². The Hall–Kier alpha value is -1.46. The van der Waals surface area contributed by atoms with Gasteiger partial charge in [-0.2, -0.15) is 0 Å². The molecule has 1 aromatic carbocycles. The highest BCUT2D eigenvalue weighted by Gasteiger charge is 2.18. The lowest BCUT2D eigenvalue weighted by atomic mass is 10.0. The average Bonchev–Trinajstić information content (AvgIpc) is 2.51. The fourth-order valence-electron chi connectivity index (χ4n) is 2.22. The average molecular weight is 350 g/mol. The minimum Gasteiger partial charge on any atom is -0.480 e. The van der Waals surface area contributed by atoms with Gasteiger partial charge in [0, 0.05) is 16.9 Å². The molecule has 0 amide bonds. The van der Waals surface area contributed by atoms with Gasteiger partial charge in [0.1, 0.15) is 5.69 Å². The lowest BCUT2D eigenvalue weighted by Gasteiger charge is -2.19. The van der Waals surface area contributed by atoms with E-state index >= 15 is 0 Å². The molecule has 21 heavy (non-hydrogen) atoms. The number of rotatable bonds is 7. The molecule has 1 heterocycles. The van der Waals surface area contributed by atoms with Crippen LogP contribution in [0.4, 0.5) is 0 Å².